The molecule has 17 heavy (non-hydrogen) atoms. The molecule has 3 heteroatoms. The summed E-state index contributed by atoms with van der Waals surface area (Å²) in [5.74, 6) is 0. The molecule has 1 aliphatic heterocycles. The van der Waals surface area contributed by atoms with Gasteiger partial charge in [-0.1, -0.05) is 22.4 Å². The molecule has 1 atom stereocenters. The van der Waals surface area contributed by atoms with E-state index in [9.17, 15) is 0 Å². The number of anilines is 1. The van der Waals surface area contributed by atoms with Crippen molar-refractivity contribution in [3.05, 3.63) is 27.7 Å². The first-order valence-corrected chi connectivity index (χ1v) is 7.20. The molecule has 1 aromatic rings. The lowest BCUT2D eigenvalue weighted by Gasteiger charge is -2.25. The van der Waals surface area contributed by atoms with Crippen LogP contribution >= 0.6 is 15.9 Å². The lowest BCUT2D eigenvalue weighted by atomic mass is 10.0. The minimum Gasteiger partial charge on any atom is -0.383 e. The molecule has 2 N–H and O–H groups in total. The molecule has 0 bridgehead atoms. The van der Waals surface area contributed by atoms with Gasteiger partial charge in [0.05, 0.1) is 0 Å². The molecule has 0 amide bonds. The highest BCUT2D eigenvalue weighted by molar-refractivity contribution is 9.10. The third-order valence-electron chi connectivity index (χ3n) is 3.44. The predicted octanol–water partition coefficient (Wildman–Crippen LogP) is 3.62. The van der Waals surface area contributed by atoms with E-state index in [0.29, 0.717) is 6.04 Å². The van der Waals surface area contributed by atoms with Crippen molar-refractivity contribution in [1.82, 2.24) is 5.32 Å². The second-order valence-corrected chi connectivity index (χ2v) is 5.86. The minimum atomic E-state index is 0.631. The van der Waals surface area contributed by atoms with Crippen LogP contribution in [0.4, 0.5) is 5.69 Å². The maximum absolute atomic E-state index is 3.59. The van der Waals surface area contributed by atoms with Gasteiger partial charge in [0.25, 0.3) is 0 Å². The highest BCUT2D eigenvalue weighted by Gasteiger charge is 2.13. The van der Waals surface area contributed by atoms with E-state index in [1.165, 1.54) is 42.6 Å². The zero-order valence-electron chi connectivity index (χ0n) is 10.6. The van der Waals surface area contributed by atoms with Crippen molar-refractivity contribution in [3.8, 4) is 0 Å². The molecule has 1 unspecified atom stereocenters. The molecule has 2 rings (SSSR count). The van der Waals surface area contributed by atoms with Crippen molar-refractivity contribution in [2.45, 2.75) is 39.2 Å². The Hall–Kier alpha value is -0.540. The van der Waals surface area contributed by atoms with Gasteiger partial charge in [0.1, 0.15) is 0 Å². The summed E-state index contributed by atoms with van der Waals surface area (Å²) in [5, 5.41) is 7.16. The van der Waals surface area contributed by atoms with E-state index in [4.69, 9.17) is 0 Å². The van der Waals surface area contributed by atoms with E-state index >= 15 is 0 Å². The number of halogens is 1. The third-order valence-corrected chi connectivity index (χ3v) is 3.89. The van der Waals surface area contributed by atoms with Gasteiger partial charge in [0, 0.05) is 22.7 Å². The van der Waals surface area contributed by atoms with Crippen LogP contribution in [0.2, 0.25) is 0 Å². The van der Waals surface area contributed by atoms with Crippen molar-refractivity contribution < 1.29 is 0 Å². The number of nitrogens with one attached hydrogen (secondary N) is 2. The van der Waals surface area contributed by atoms with E-state index < -0.39 is 0 Å². The standard InChI is InChI=1S/C14H21BrN2/c1-10-7-12(15)8-11(2)14(10)17-9-13-5-3-4-6-16-13/h7-8,13,16-17H,3-6,9H2,1-2H3. The van der Waals surface area contributed by atoms with Crippen LogP contribution in [0.15, 0.2) is 16.6 Å². The average Bonchev–Trinajstić information content (AvgIpc) is 2.29. The molecular weight excluding hydrogens is 276 g/mol. The van der Waals surface area contributed by atoms with Gasteiger partial charge in [-0.15, -0.1) is 0 Å². The number of benzene rings is 1. The highest BCUT2D eigenvalue weighted by Crippen LogP contribution is 2.25. The Labute approximate surface area is 112 Å². The van der Waals surface area contributed by atoms with Crippen LogP contribution in [-0.4, -0.2) is 19.1 Å². The average molecular weight is 297 g/mol. The van der Waals surface area contributed by atoms with Crippen molar-refractivity contribution >= 4 is 21.6 Å². The molecule has 0 saturated carbocycles. The molecule has 2 nitrogen and oxygen atoms in total. The Bertz CT molecular complexity index is 361. The van der Waals surface area contributed by atoms with E-state index in [2.05, 4.69) is 52.5 Å². The first kappa shape index (κ1) is 12.9. The molecule has 0 aliphatic carbocycles. The Kier molecular flexibility index (Phi) is 4.46. The van der Waals surface area contributed by atoms with Gasteiger partial charge in [0.15, 0.2) is 0 Å². The van der Waals surface area contributed by atoms with Crippen LogP contribution in [0.25, 0.3) is 0 Å². The van der Waals surface area contributed by atoms with Crippen LogP contribution in [-0.2, 0) is 0 Å². The monoisotopic (exact) mass is 296 g/mol. The molecule has 0 spiro atoms. The van der Waals surface area contributed by atoms with Crippen LogP contribution < -0.4 is 10.6 Å². The molecule has 1 heterocycles. The second kappa shape index (κ2) is 5.87. The van der Waals surface area contributed by atoms with Crippen molar-refractivity contribution in [2.75, 3.05) is 18.4 Å². The molecule has 0 radical (unpaired) electrons. The molecule has 1 fully saturated rings. The Balaban J connectivity index is 1.98. The Morgan fingerprint density at radius 3 is 2.59 bits per heavy atom. The molecule has 1 aliphatic rings. The lowest BCUT2D eigenvalue weighted by molar-refractivity contribution is 0.414. The quantitative estimate of drug-likeness (QED) is 0.890. The zero-order chi connectivity index (χ0) is 12.3. The summed E-state index contributed by atoms with van der Waals surface area (Å²) in [6.07, 6.45) is 3.98. The van der Waals surface area contributed by atoms with Gasteiger partial charge in [-0.3, -0.25) is 0 Å². The summed E-state index contributed by atoms with van der Waals surface area (Å²) in [6, 6.07) is 4.97. The number of piperidine rings is 1. The largest absolute Gasteiger partial charge is 0.383 e. The van der Waals surface area contributed by atoms with E-state index in [1.807, 2.05) is 0 Å². The van der Waals surface area contributed by atoms with E-state index in [1.54, 1.807) is 0 Å². The lowest BCUT2D eigenvalue weighted by Crippen LogP contribution is -2.39. The summed E-state index contributed by atoms with van der Waals surface area (Å²) < 4.78 is 1.16. The maximum atomic E-state index is 3.59. The fourth-order valence-electron chi connectivity index (χ4n) is 2.51. The van der Waals surface area contributed by atoms with Crippen LogP contribution in [0.3, 0.4) is 0 Å². The molecule has 1 aromatic carbocycles. The van der Waals surface area contributed by atoms with Crippen LogP contribution in [0.1, 0.15) is 30.4 Å². The normalized spacial score (nSPS) is 20.3. The number of rotatable bonds is 3. The summed E-state index contributed by atoms with van der Waals surface area (Å²) in [7, 11) is 0. The van der Waals surface area contributed by atoms with E-state index in [0.717, 1.165) is 11.0 Å². The molecule has 0 aromatic heterocycles. The van der Waals surface area contributed by atoms with Gasteiger partial charge in [-0.05, 0) is 56.5 Å². The van der Waals surface area contributed by atoms with Crippen LogP contribution in [0.5, 0.6) is 0 Å². The SMILES string of the molecule is Cc1cc(Br)cc(C)c1NCC1CCCCN1. The van der Waals surface area contributed by atoms with Gasteiger partial charge in [-0.25, -0.2) is 0 Å². The third kappa shape index (κ3) is 3.46. The fourth-order valence-corrected chi connectivity index (χ4v) is 3.20. The maximum Gasteiger partial charge on any atom is 0.0400 e. The number of aryl methyl sites for hydroxylation is 2. The van der Waals surface area contributed by atoms with Gasteiger partial charge < -0.3 is 10.6 Å². The van der Waals surface area contributed by atoms with Gasteiger partial charge >= 0.3 is 0 Å². The predicted molar refractivity (Wildman–Crippen MR) is 77.7 cm³/mol. The second-order valence-electron chi connectivity index (χ2n) is 4.94. The summed E-state index contributed by atoms with van der Waals surface area (Å²) in [4.78, 5) is 0. The Morgan fingerprint density at radius 2 is 2.00 bits per heavy atom. The summed E-state index contributed by atoms with van der Waals surface area (Å²) in [6.45, 7) is 6.52. The van der Waals surface area contributed by atoms with Gasteiger partial charge in [-0.2, -0.15) is 0 Å². The smallest absolute Gasteiger partial charge is 0.0400 e. The highest BCUT2D eigenvalue weighted by atomic mass is 79.9. The van der Waals surface area contributed by atoms with Crippen LogP contribution in [0, 0.1) is 13.8 Å². The van der Waals surface area contributed by atoms with Gasteiger partial charge in [0.2, 0.25) is 0 Å². The Morgan fingerprint density at radius 1 is 1.29 bits per heavy atom. The first-order chi connectivity index (χ1) is 8.16. The summed E-state index contributed by atoms with van der Waals surface area (Å²) in [5.41, 5.74) is 3.92. The molecule has 1 saturated heterocycles. The topological polar surface area (TPSA) is 24.1 Å². The fraction of sp³-hybridized carbons (Fsp3) is 0.571. The molecular formula is C14H21BrN2. The zero-order valence-corrected chi connectivity index (χ0v) is 12.2. The summed E-state index contributed by atoms with van der Waals surface area (Å²) >= 11 is 3.53. The number of hydrogen-bond acceptors (Lipinski definition) is 2. The first-order valence-electron chi connectivity index (χ1n) is 6.41. The van der Waals surface area contributed by atoms with Crippen molar-refractivity contribution in [2.24, 2.45) is 0 Å². The minimum absolute atomic E-state index is 0.631. The van der Waals surface area contributed by atoms with Crippen molar-refractivity contribution in [1.29, 1.82) is 0 Å². The van der Waals surface area contributed by atoms with Crippen molar-refractivity contribution in [3.63, 3.8) is 0 Å². The number of hydrogen-bond donors (Lipinski definition) is 2. The van der Waals surface area contributed by atoms with E-state index in [-0.39, 0.29) is 0 Å². The molecule has 94 valence electrons.